The fourth-order valence-corrected chi connectivity index (χ4v) is 1.66. The zero-order chi connectivity index (χ0) is 12.0. The van der Waals surface area contributed by atoms with Crippen LogP contribution in [-0.4, -0.2) is 25.5 Å². The summed E-state index contributed by atoms with van der Waals surface area (Å²) in [6.07, 6.45) is -1.52. The summed E-state index contributed by atoms with van der Waals surface area (Å²) in [6.45, 7) is -0.575. The Bertz CT molecular complexity index is 308. The van der Waals surface area contributed by atoms with Gasteiger partial charge in [-0.3, -0.25) is 0 Å². The third-order valence-electron chi connectivity index (χ3n) is 2.07. The molecule has 0 bridgehead atoms. The number of alkyl halides is 3. The van der Waals surface area contributed by atoms with Crippen molar-refractivity contribution >= 4 is 11.8 Å². The highest BCUT2D eigenvalue weighted by atomic mass is 32.2. The van der Waals surface area contributed by atoms with Crippen LogP contribution in [0.1, 0.15) is 5.56 Å². The van der Waals surface area contributed by atoms with Crippen LogP contribution >= 0.6 is 11.8 Å². The minimum Gasteiger partial charge on any atom is -0.308 e. The van der Waals surface area contributed by atoms with Gasteiger partial charge in [-0.25, -0.2) is 0 Å². The van der Waals surface area contributed by atoms with Gasteiger partial charge in [-0.1, -0.05) is 12.1 Å². The molecule has 90 valence electrons. The molecule has 0 saturated carbocycles. The predicted octanol–water partition coefficient (Wildman–Crippen LogP) is 3.10. The van der Waals surface area contributed by atoms with Crippen LogP contribution in [0, 0.1) is 0 Å². The lowest BCUT2D eigenvalue weighted by atomic mass is 10.1. The van der Waals surface area contributed by atoms with Crippen molar-refractivity contribution in [1.29, 1.82) is 0 Å². The van der Waals surface area contributed by atoms with E-state index >= 15 is 0 Å². The number of hydrogen-bond donors (Lipinski definition) is 1. The number of nitrogens with one attached hydrogen (secondary N) is 1. The van der Waals surface area contributed by atoms with Crippen molar-refractivity contribution in [2.75, 3.05) is 19.3 Å². The first-order chi connectivity index (χ1) is 7.51. The highest BCUT2D eigenvalue weighted by molar-refractivity contribution is 7.98. The molecule has 0 unspecified atom stereocenters. The van der Waals surface area contributed by atoms with E-state index in [1.54, 1.807) is 11.8 Å². The van der Waals surface area contributed by atoms with E-state index in [1.807, 2.05) is 30.5 Å². The molecule has 16 heavy (non-hydrogen) atoms. The maximum atomic E-state index is 11.8. The van der Waals surface area contributed by atoms with Crippen molar-refractivity contribution in [3.63, 3.8) is 0 Å². The molecular formula is C11H14F3NS. The summed E-state index contributed by atoms with van der Waals surface area (Å²) in [4.78, 5) is 1.16. The molecule has 0 radical (unpaired) electrons. The van der Waals surface area contributed by atoms with Gasteiger partial charge in [-0.05, 0) is 36.9 Å². The normalized spacial score (nSPS) is 11.8. The van der Waals surface area contributed by atoms with Crippen molar-refractivity contribution in [3.05, 3.63) is 29.8 Å². The predicted molar refractivity (Wildman–Crippen MR) is 60.9 cm³/mol. The molecule has 1 nitrogen and oxygen atoms in total. The molecule has 1 aromatic carbocycles. The molecule has 0 aliphatic carbocycles. The molecule has 0 amide bonds. The van der Waals surface area contributed by atoms with E-state index in [4.69, 9.17) is 0 Å². The Hall–Kier alpha value is -0.680. The van der Waals surface area contributed by atoms with Gasteiger partial charge in [0.25, 0.3) is 0 Å². The Morgan fingerprint density at radius 1 is 1.19 bits per heavy atom. The average Bonchev–Trinajstić information content (AvgIpc) is 2.24. The van der Waals surface area contributed by atoms with Gasteiger partial charge in [0, 0.05) is 4.90 Å². The molecule has 0 aromatic heterocycles. The highest BCUT2D eigenvalue weighted by Gasteiger charge is 2.25. The van der Waals surface area contributed by atoms with E-state index in [0.29, 0.717) is 13.0 Å². The molecule has 0 aliphatic heterocycles. The van der Waals surface area contributed by atoms with Crippen LogP contribution in [0.4, 0.5) is 13.2 Å². The Labute approximate surface area is 97.4 Å². The van der Waals surface area contributed by atoms with Crippen LogP contribution in [0.5, 0.6) is 0 Å². The van der Waals surface area contributed by atoms with Gasteiger partial charge in [-0.15, -0.1) is 11.8 Å². The lowest BCUT2D eigenvalue weighted by Crippen LogP contribution is -2.30. The molecule has 1 aromatic rings. The fourth-order valence-electron chi connectivity index (χ4n) is 1.26. The van der Waals surface area contributed by atoms with Gasteiger partial charge in [0.05, 0.1) is 6.54 Å². The van der Waals surface area contributed by atoms with E-state index in [0.717, 1.165) is 10.5 Å². The molecule has 5 heteroatoms. The molecular weight excluding hydrogens is 235 g/mol. The fraction of sp³-hybridized carbons (Fsp3) is 0.455. The average molecular weight is 249 g/mol. The monoisotopic (exact) mass is 249 g/mol. The van der Waals surface area contributed by atoms with Gasteiger partial charge in [0.15, 0.2) is 0 Å². The Kier molecular flexibility index (Phi) is 5.15. The van der Waals surface area contributed by atoms with E-state index in [-0.39, 0.29) is 0 Å². The summed E-state index contributed by atoms with van der Waals surface area (Å²) >= 11 is 1.64. The van der Waals surface area contributed by atoms with E-state index < -0.39 is 12.7 Å². The maximum absolute atomic E-state index is 11.8. The van der Waals surface area contributed by atoms with Crippen molar-refractivity contribution in [1.82, 2.24) is 5.32 Å². The molecule has 0 spiro atoms. The van der Waals surface area contributed by atoms with Crippen LogP contribution in [0.2, 0.25) is 0 Å². The zero-order valence-corrected chi connectivity index (χ0v) is 9.79. The van der Waals surface area contributed by atoms with Gasteiger partial charge in [0.2, 0.25) is 0 Å². The molecule has 1 N–H and O–H groups in total. The third kappa shape index (κ3) is 5.42. The Balaban J connectivity index is 2.27. The minimum atomic E-state index is -4.12. The van der Waals surface area contributed by atoms with Crippen molar-refractivity contribution in [2.24, 2.45) is 0 Å². The lowest BCUT2D eigenvalue weighted by Gasteiger charge is -2.08. The summed E-state index contributed by atoms with van der Waals surface area (Å²) in [5.74, 6) is 0. The summed E-state index contributed by atoms with van der Waals surface area (Å²) in [7, 11) is 0. The van der Waals surface area contributed by atoms with Crippen LogP contribution in [0.15, 0.2) is 29.2 Å². The van der Waals surface area contributed by atoms with Crippen LogP contribution in [-0.2, 0) is 6.42 Å². The van der Waals surface area contributed by atoms with Crippen molar-refractivity contribution in [2.45, 2.75) is 17.5 Å². The molecule has 0 aliphatic rings. The number of rotatable bonds is 5. The number of benzene rings is 1. The number of halogens is 3. The second-order valence-electron chi connectivity index (χ2n) is 3.39. The van der Waals surface area contributed by atoms with Crippen LogP contribution in [0.3, 0.4) is 0 Å². The highest BCUT2D eigenvalue weighted by Crippen LogP contribution is 2.15. The van der Waals surface area contributed by atoms with E-state index in [9.17, 15) is 13.2 Å². The first kappa shape index (κ1) is 13.4. The van der Waals surface area contributed by atoms with Crippen molar-refractivity contribution in [3.8, 4) is 0 Å². The SMILES string of the molecule is CSc1ccc(CCNCC(F)(F)F)cc1. The summed E-state index contributed by atoms with van der Waals surface area (Å²) in [5.41, 5.74) is 1.05. The second-order valence-corrected chi connectivity index (χ2v) is 4.27. The smallest absolute Gasteiger partial charge is 0.308 e. The summed E-state index contributed by atoms with van der Waals surface area (Å²) in [6, 6.07) is 7.84. The van der Waals surface area contributed by atoms with Gasteiger partial charge >= 0.3 is 6.18 Å². The van der Waals surface area contributed by atoms with Crippen molar-refractivity contribution < 1.29 is 13.2 Å². The number of thioether (sulfide) groups is 1. The largest absolute Gasteiger partial charge is 0.401 e. The molecule has 1 rings (SSSR count). The van der Waals surface area contributed by atoms with Gasteiger partial charge in [0.1, 0.15) is 0 Å². The van der Waals surface area contributed by atoms with Crippen LogP contribution in [0.25, 0.3) is 0 Å². The van der Waals surface area contributed by atoms with E-state index in [1.165, 1.54) is 0 Å². The number of hydrogen-bond acceptors (Lipinski definition) is 2. The molecule has 0 heterocycles. The molecule has 0 atom stereocenters. The Morgan fingerprint density at radius 3 is 2.31 bits per heavy atom. The third-order valence-corrected chi connectivity index (χ3v) is 2.82. The molecule has 0 saturated heterocycles. The van der Waals surface area contributed by atoms with Gasteiger partial charge < -0.3 is 5.32 Å². The quantitative estimate of drug-likeness (QED) is 0.635. The maximum Gasteiger partial charge on any atom is 0.401 e. The lowest BCUT2D eigenvalue weighted by molar-refractivity contribution is -0.124. The standard InChI is InChI=1S/C11H14F3NS/c1-16-10-4-2-9(3-5-10)6-7-15-8-11(12,13)14/h2-5,15H,6-8H2,1H3. The first-order valence-electron chi connectivity index (χ1n) is 4.91. The molecule has 0 fully saturated rings. The van der Waals surface area contributed by atoms with Gasteiger partial charge in [-0.2, -0.15) is 13.2 Å². The Morgan fingerprint density at radius 2 is 1.81 bits per heavy atom. The second kappa shape index (κ2) is 6.15. The summed E-state index contributed by atoms with van der Waals surface area (Å²) < 4.78 is 35.4. The van der Waals surface area contributed by atoms with Crippen LogP contribution < -0.4 is 5.32 Å². The summed E-state index contributed by atoms with van der Waals surface area (Å²) in [5, 5.41) is 2.37. The minimum absolute atomic E-state index is 0.345. The van der Waals surface area contributed by atoms with E-state index in [2.05, 4.69) is 5.32 Å². The topological polar surface area (TPSA) is 12.0 Å². The zero-order valence-electron chi connectivity index (χ0n) is 8.97. The first-order valence-corrected chi connectivity index (χ1v) is 6.14.